The van der Waals surface area contributed by atoms with E-state index in [0.717, 1.165) is 12.8 Å². The Balaban J connectivity index is 2.20. The van der Waals surface area contributed by atoms with Gasteiger partial charge in [-0.05, 0) is 13.3 Å². The quantitative estimate of drug-likeness (QED) is 0.639. The van der Waals surface area contributed by atoms with Gasteiger partial charge in [0.05, 0.1) is 6.20 Å². The molecular formula is C14H27N3O2S. The molecule has 0 atom stereocenters. The van der Waals surface area contributed by atoms with Crippen molar-refractivity contribution in [1.29, 1.82) is 0 Å². The van der Waals surface area contributed by atoms with Gasteiger partial charge in [0.25, 0.3) is 0 Å². The Hall–Kier alpha value is -0.880. The van der Waals surface area contributed by atoms with Crippen LogP contribution in [0.5, 0.6) is 0 Å². The normalized spacial score (nSPS) is 11.9. The highest BCUT2D eigenvalue weighted by atomic mass is 32.2. The van der Waals surface area contributed by atoms with E-state index in [1.54, 1.807) is 10.9 Å². The van der Waals surface area contributed by atoms with Crippen molar-refractivity contribution in [2.75, 3.05) is 6.54 Å². The minimum atomic E-state index is -3.38. The second kappa shape index (κ2) is 9.13. The summed E-state index contributed by atoms with van der Waals surface area (Å²) in [7, 11) is -3.38. The van der Waals surface area contributed by atoms with E-state index >= 15 is 0 Å². The SMILES string of the molecule is CCCCCCCCCNS(=O)(=O)c1cnn(CC)c1. The van der Waals surface area contributed by atoms with E-state index in [0.29, 0.717) is 13.1 Å². The van der Waals surface area contributed by atoms with Crippen molar-refractivity contribution >= 4 is 10.0 Å². The van der Waals surface area contributed by atoms with Crippen molar-refractivity contribution in [2.45, 2.75) is 70.2 Å². The Morgan fingerprint density at radius 2 is 1.75 bits per heavy atom. The zero-order valence-corrected chi connectivity index (χ0v) is 13.5. The number of sulfonamides is 1. The highest BCUT2D eigenvalue weighted by Crippen LogP contribution is 2.09. The Morgan fingerprint density at radius 3 is 2.35 bits per heavy atom. The molecule has 0 aliphatic heterocycles. The smallest absolute Gasteiger partial charge is 0.243 e. The lowest BCUT2D eigenvalue weighted by molar-refractivity contribution is 0.563. The fourth-order valence-corrected chi connectivity index (χ4v) is 3.05. The fourth-order valence-electron chi connectivity index (χ4n) is 2.03. The van der Waals surface area contributed by atoms with Crippen LogP contribution in [-0.2, 0) is 16.6 Å². The lowest BCUT2D eigenvalue weighted by Crippen LogP contribution is -2.24. The molecule has 0 aromatic carbocycles. The van der Waals surface area contributed by atoms with Gasteiger partial charge in [0.15, 0.2) is 0 Å². The minimum Gasteiger partial charge on any atom is -0.272 e. The molecule has 0 bridgehead atoms. The Bertz CT molecular complexity index is 469. The van der Waals surface area contributed by atoms with Crippen molar-refractivity contribution < 1.29 is 8.42 Å². The van der Waals surface area contributed by atoms with Gasteiger partial charge in [-0.2, -0.15) is 5.10 Å². The molecule has 0 aliphatic rings. The molecule has 1 aromatic rings. The highest BCUT2D eigenvalue weighted by Gasteiger charge is 2.15. The first-order chi connectivity index (χ1) is 9.60. The van der Waals surface area contributed by atoms with E-state index in [4.69, 9.17) is 0 Å². The third-order valence-electron chi connectivity index (χ3n) is 3.32. The molecule has 1 rings (SSSR count). The third kappa shape index (κ3) is 6.05. The first kappa shape index (κ1) is 17.2. The summed E-state index contributed by atoms with van der Waals surface area (Å²) in [5, 5.41) is 3.98. The summed E-state index contributed by atoms with van der Waals surface area (Å²) in [5.41, 5.74) is 0. The second-order valence-electron chi connectivity index (χ2n) is 5.05. The molecular weight excluding hydrogens is 274 g/mol. The predicted octanol–water partition coefficient (Wildman–Crippen LogP) is 2.93. The molecule has 1 heterocycles. The molecule has 0 fully saturated rings. The molecule has 6 heteroatoms. The maximum absolute atomic E-state index is 12.0. The largest absolute Gasteiger partial charge is 0.272 e. The molecule has 0 unspecified atom stereocenters. The summed E-state index contributed by atoms with van der Waals surface area (Å²) in [5.74, 6) is 0. The summed E-state index contributed by atoms with van der Waals surface area (Å²) in [6.45, 7) is 5.31. The van der Waals surface area contributed by atoms with Gasteiger partial charge in [0.1, 0.15) is 4.90 Å². The van der Waals surface area contributed by atoms with Crippen LogP contribution in [0, 0.1) is 0 Å². The summed E-state index contributed by atoms with van der Waals surface area (Å²) >= 11 is 0. The van der Waals surface area contributed by atoms with Gasteiger partial charge in [-0.1, -0.05) is 45.4 Å². The van der Waals surface area contributed by atoms with Crippen LogP contribution in [0.2, 0.25) is 0 Å². The molecule has 5 nitrogen and oxygen atoms in total. The van der Waals surface area contributed by atoms with Crippen molar-refractivity contribution in [3.63, 3.8) is 0 Å². The number of unbranched alkanes of at least 4 members (excludes halogenated alkanes) is 6. The van der Waals surface area contributed by atoms with E-state index in [1.807, 2.05) is 6.92 Å². The van der Waals surface area contributed by atoms with Gasteiger partial charge in [-0.25, -0.2) is 13.1 Å². The maximum atomic E-state index is 12.0. The average molecular weight is 301 g/mol. The topological polar surface area (TPSA) is 64.0 Å². The molecule has 0 amide bonds. The first-order valence-corrected chi connectivity index (χ1v) is 9.10. The monoisotopic (exact) mass is 301 g/mol. The fraction of sp³-hybridized carbons (Fsp3) is 0.786. The zero-order valence-electron chi connectivity index (χ0n) is 12.6. The van der Waals surface area contributed by atoms with E-state index < -0.39 is 10.0 Å². The standard InChI is InChI=1S/C14H27N3O2S/c1-3-5-6-7-8-9-10-11-16-20(18,19)14-12-15-17(4-2)13-14/h12-13,16H,3-11H2,1-2H3. The Kier molecular flexibility index (Phi) is 7.84. The number of aryl methyl sites for hydroxylation is 1. The summed E-state index contributed by atoms with van der Waals surface area (Å²) in [4.78, 5) is 0.252. The van der Waals surface area contributed by atoms with E-state index in [2.05, 4.69) is 16.7 Å². The minimum absolute atomic E-state index is 0.252. The molecule has 0 saturated heterocycles. The van der Waals surface area contributed by atoms with E-state index in [-0.39, 0.29) is 4.90 Å². The highest BCUT2D eigenvalue weighted by molar-refractivity contribution is 7.89. The lowest BCUT2D eigenvalue weighted by Gasteiger charge is -2.04. The van der Waals surface area contributed by atoms with Crippen molar-refractivity contribution in [3.8, 4) is 0 Å². The number of nitrogens with zero attached hydrogens (tertiary/aromatic N) is 2. The zero-order chi connectivity index (χ0) is 14.8. The third-order valence-corrected chi connectivity index (χ3v) is 4.73. The van der Waals surface area contributed by atoms with Gasteiger partial charge in [-0.15, -0.1) is 0 Å². The van der Waals surface area contributed by atoms with Crippen molar-refractivity contribution in [2.24, 2.45) is 0 Å². The van der Waals surface area contributed by atoms with E-state index in [1.165, 1.54) is 38.3 Å². The number of aromatic nitrogens is 2. The van der Waals surface area contributed by atoms with Crippen LogP contribution >= 0.6 is 0 Å². The number of nitrogens with one attached hydrogen (secondary N) is 1. The molecule has 1 N–H and O–H groups in total. The van der Waals surface area contributed by atoms with Gasteiger partial charge >= 0.3 is 0 Å². The number of hydrogen-bond donors (Lipinski definition) is 1. The first-order valence-electron chi connectivity index (χ1n) is 7.62. The molecule has 1 aromatic heterocycles. The molecule has 0 radical (unpaired) electrons. The number of hydrogen-bond acceptors (Lipinski definition) is 3. The second-order valence-corrected chi connectivity index (χ2v) is 6.82. The summed E-state index contributed by atoms with van der Waals surface area (Å²) in [6, 6.07) is 0. The van der Waals surface area contributed by atoms with Crippen LogP contribution in [0.4, 0.5) is 0 Å². The average Bonchev–Trinajstić information content (AvgIpc) is 2.91. The summed E-state index contributed by atoms with van der Waals surface area (Å²) < 4.78 is 28.2. The summed E-state index contributed by atoms with van der Waals surface area (Å²) in [6.07, 6.45) is 11.2. The number of rotatable bonds is 11. The van der Waals surface area contributed by atoms with Gasteiger partial charge < -0.3 is 0 Å². The van der Waals surface area contributed by atoms with Crippen LogP contribution in [0.1, 0.15) is 58.8 Å². The Labute approximate surface area is 122 Å². The molecule has 0 saturated carbocycles. The molecule has 0 aliphatic carbocycles. The van der Waals surface area contributed by atoms with Crippen molar-refractivity contribution in [3.05, 3.63) is 12.4 Å². The molecule has 20 heavy (non-hydrogen) atoms. The van der Waals surface area contributed by atoms with Crippen molar-refractivity contribution in [1.82, 2.24) is 14.5 Å². The van der Waals surface area contributed by atoms with Gasteiger partial charge in [-0.3, -0.25) is 4.68 Å². The van der Waals surface area contributed by atoms with Crippen LogP contribution in [-0.4, -0.2) is 24.7 Å². The Morgan fingerprint density at radius 1 is 1.10 bits per heavy atom. The van der Waals surface area contributed by atoms with Gasteiger partial charge in [0, 0.05) is 19.3 Å². The molecule has 0 spiro atoms. The maximum Gasteiger partial charge on any atom is 0.243 e. The van der Waals surface area contributed by atoms with Gasteiger partial charge in [0.2, 0.25) is 10.0 Å². The lowest BCUT2D eigenvalue weighted by atomic mass is 10.1. The van der Waals surface area contributed by atoms with Crippen LogP contribution in [0.25, 0.3) is 0 Å². The predicted molar refractivity (Wildman–Crippen MR) is 81.1 cm³/mol. The van der Waals surface area contributed by atoms with Crippen LogP contribution in [0.3, 0.4) is 0 Å². The van der Waals surface area contributed by atoms with Crippen LogP contribution in [0.15, 0.2) is 17.3 Å². The molecule has 116 valence electrons. The van der Waals surface area contributed by atoms with E-state index in [9.17, 15) is 8.42 Å². The van der Waals surface area contributed by atoms with Crippen LogP contribution < -0.4 is 4.72 Å².